The lowest BCUT2D eigenvalue weighted by Crippen LogP contribution is -2.33. The lowest BCUT2D eigenvalue weighted by atomic mass is 10.1. The summed E-state index contributed by atoms with van der Waals surface area (Å²) in [5.74, 6) is -2.05. The lowest BCUT2D eigenvalue weighted by molar-refractivity contribution is -0.138. The van der Waals surface area contributed by atoms with Crippen molar-refractivity contribution in [1.29, 1.82) is 0 Å². The van der Waals surface area contributed by atoms with Gasteiger partial charge in [-0.1, -0.05) is 30.3 Å². The van der Waals surface area contributed by atoms with Gasteiger partial charge in [0.25, 0.3) is 0 Å². The SMILES string of the molecule is O=C(O)C(Cc1ccc(O)cc1)NP(=O)=O.O=C(O)c1ccccc1. The Kier molecular flexibility index (Phi) is 8.05. The van der Waals surface area contributed by atoms with Crippen LogP contribution in [0.5, 0.6) is 5.75 Å². The molecule has 0 amide bonds. The number of hydrogen-bond donors (Lipinski definition) is 4. The molecular formula is C16H16NO7P. The zero-order valence-corrected chi connectivity index (χ0v) is 13.8. The maximum absolute atomic E-state index is 10.7. The fraction of sp³-hybridized carbons (Fsp3) is 0.125. The summed E-state index contributed by atoms with van der Waals surface area (Å²) in [5.41, 5.74) is 0.951. The van der Waals surface area contributed by atoms with E-state index in [0.29, 0.717) is 11.1 Å². The molecule has 0 spiro atoms. The van der Waals surface area contributed by atoms with Gasteiger partial charge in [0.2, 0.25) is 0 Å². The van der Waals surface area contributed by atoms with Crippen LogP contribution in [0.3, 0.4) is 0 Å². The monoisotopic (exact) mass is 365 g/mol. The van der Waals surface area contributed by atoms with Crippen molar-refractivity contribution in [3.8, 4) is 5.75 Å². The Labute approximate surface area is 143 Å². The van der Waals surface area contributed by atoms with E-state index >= 15 is 0 Å². The van der Waals surface area contributed by atoms with E-state index in [4.69, 9.17) is 15.3 Å². The molecule has 0 aliphatic rings. The predicted octanol–water partition coefficient (Wildman–Crippen LogP) is 2.45. The average molecular weight is 365 g/mol. The van der Waals surface area contributed by atoms with Crippen LogP contribution in [-0.2, 0) is 20.3 Å². The van der Waals surface area contributed by atoms with Crippen molar-refractivity contribution in [2.45, 2.75) is 12.5 Å². The van der Waals surface area contributed by atoms with Crippen molar-refractivity contribution >= 4 is 19.8 Å². The Balaban J connectivity index is 0.000000293. The molecule has 2 aromatic carbocycles. The summed E-state index contributed by atoms with van der Waals surface area (Å²) >= 11 is 0. The fourth-order valence-corrected chi connectivity index (χ4v) is 2.22. The summed E-state index contributed by atoms with van der Waals surface area (Å²) < 4.78 is 20.8. The molecule has 0 bridgehead atoms. The molecule has 0 aliphatic carbocycles. The minimum absolute atomic E-state index is 0.0267. The van der Waals surface area contributed by atoms with Crippen molar-refractivity contribution in [3.05, 3.63) is 65.7 Å². The Morgan fingerprint density at radius 3 is 1.92 bits per heavy atom. The lowest BCUT2D eigenvalue weighted by Gasteiger charge is -2.09. The number of aliphatic carboxylic acids is 1. The average Bonchev–Trinajstić information content (AvgIpc) is 2.57. The number of aromatic carboxylic acids is 1. The van der Waals surface area contributed by atoms with E-state index in [2.05, 4.69) is 0 Å². The normalized spacial score (nSPS) is 10.9. The first-order valence-electron chi connectivity index (χ1n) is 6.99. The van der Waals surface area contributed by atoms with Gasteiger partial charge in [0.1, 0.15) is 11.8 Å². The molecule has 2 aromatic rings. The van der Waals surface area contributed by atoms with Crippen LogP contribution in [0.15, 0.2) is 54.6 Å². The molecule has 2 rings (SSSR count). The van der Waals surface area contributed by atoms with Crippen LogP contribution >= 0.6 is 7.83 Å². The number of carboxylic acids is 2. The number of carbonyl (C=O) groups is 2. The second-order valence-electron chi connectivity index (χ2n) is 4.82. The summed E-state index contributed by atoms with van der Waals surface area (Å²) in [4.78, 5) is 20.9. The molecule has 0 aromatic heterocycles. The summed E-state index contributed by atoms with van der Waals surface area (Å²) in [6.45, 7) is 0. The smallest absolute Gasteiger partial charge is 0.396 e. The Bertz CT molecular complexity index is 765. The Hall–Kier alpha value is -2.96. The molecule has 1 unspecified atom stereocenters. The molecule has 1 atom stereocenters. The van der Waals surface area contributed by atoms with Gasteiger partial charge >= 0.3 is 19.8 Å². The zero-order valence-electron chi connectivity index (χ0n) is 12.9. The molecule has 8 nitrogen and oxygen atoms in total. The van der Waals surface area contributed by atoms with Gasteiger partial charge in [-0.05, 0) is 36.2 Å². The van der Waals surface area contributed by atoms with Gasteiger partial charge in [0.05, 0.1) is 5.56 Å². The summed E-state index contributed by atoms with van der Waals surface area (Å²) in [5, 5.41) is 28.1. The summed E-state index contributed by atoms with van der Waals surface area (Å²) in [6, 6.07) is 13.0. The zero-order chi connectivity index (χ0) is 18.8. The van der Waals surface area contributed by atoms with Gasteiger partial charge in [-0.2, -0.15) is 5.09 Å². The van der Waals surface area contributed by atoms with Crippen molar-refractivity contribution in [3.63, 3.8) is 0 Å². The first kappa shape index (κ1) is 20.1. The number of phenolic OH excluding ortho intramolecular Hbond substituents is 1. The van der Waals surface area contributed by atoms with Crippen LogP contribution in [0, 0.1) is 0 Å². The second kappa shape index (κ2) is 10.0. The van der Waals surface area contributed by atoms with Crippen LogP contribution in [0.25, 0.3) is 0 Å². The van der Waals surface area contributed by atoms with E-state index in [1.54, 1.807) is 30.3 Å². The Morgan fingerprint density at radius 1 is 0.960 bits per heavy atom. The number of carboxylic acid groups (broad SMARTS) is 2. The van der Waals surface area contributed by atoms with Crippen LogP contribution in [-0.4, -0.2) is 33.3 Å². The van der Waals surface area contributed by atoms with E-state index in [1.807, 2.05) is 5.09 Å². The molecule has 0 fully saturated rings. The third kappa shape index (κ3) is 7.92. The molecule has 4 N–H and O–H groups in total. The van der Waals surface area contributed by atoms with Gasteiger partial charge < -0.3 is 15.3 Å². The molecule has 9 heteroatoms. The van der Waals surface area contributed by atoms with E-state index in [1.165, 1.54) is 24.3 Å². The molecule has 132 valence electrons. The highest BCUT2D eigenvalue weighted by Gasteiger charge is 2.19. The molecule has 0 heterocycles. The highest BCUT2D eigenvalue weighted by Crippen LogP contribution is 2.12. The van der Waals surface area contributed by atoms with E-state index in [-0.39, 0.29) is 12.2 Å². The summed E-state index contributed by atoms with van der Waals surface area (Å²) in [6.07, 6.45) is 0.0267. The number of benzene rings is 2. The van der Waals surface area contributed by atoms with Crippen LogP contribution in [0.2, 0.25) is 0 Å². The van der Waals surface area contributed by atoms with Gasteiger partial charge in [-0.15, -0.1) is 0 Å². The number of rotatable bonds is 6. The van der Waals surface area contributed by atoms with Gasteiger partial charge in [-0.3, -0.25) is 4.79 Å². The molecule has 0 saturated carbocycles. The molecule has 0 aliphatic heterocycles. The molecular weight excluding hydrogens is 349 g/mol. The van der Waals surface area contributed by atoms with Crippen LogP contribution in [0.4, 0.5) is 0 Å². The first-order chi connectivity index (χ1) is 11.8. The van der Waals surface area contributed by atoms with Crippen molar-refractivity contribution in [2.75, 3.05) is 0 Å². The van der Waals surface area contributed by atoms with Crippen molar-refractivity contribution < 1.29 is 34.0 Å². The number of phenols is 1. The van der Waals surface area contributed by atoms with Gasteiger partial charge in [-0.25, -0.2) is 13.9 Å². The topological polar surface area (TPSA) is 141 Å². The molecule has 0 radical (unpaired) electrons. The minimum Gasteiger partial charge on any atom is -0.508 e. The quantitative estimate of drug-likeness (QED) is 0.572. The molecule has 0 saturated heterocycles. The highest BCUT2D eigenvalue weighted by molar-refractivity contribution is 7.28. The third-order valence-electron chi connectivity index (χ3n) is 2.96. The number of hydrogen-bond acceptors (Lipinski definition) is 5. The number of nitrogens with one attached hydrogen (secondary N) is 1. The number of aromatic hydroxyl groups is 1. The van der Waals surface area contributed by atoms with Gasteiger partial charge in [0, 0.05) is 0 Å². The van der Waals surface area contributed by atoms with E-state index < -0.39 is 25.8 Å². The van der Waals surface area contributed by atoms with Crippen molar-refractivity contribution in [2.24, 2.45) is 0 Å². The maximum Gasteiger partial charge on any atom is 0.396 e. The largest absolute Gasteiger partial charge is 0.508 e. The van der Waals surface area contributed by atoms with E-state index in [0.717, 1.165) is 0 Å². The first-order valence-corrected chi connectivity index (χ1v) is 8.17. The third-order valence-corrected chi connectivity index (χ3v) is 3.48. The predicted molar refractivity (Wildman–Crippen MR) is 88.1 cm³/mol. The maximum atomic E-state index is 10.7. The summed E-state index contributed by atoms with van der Waals surface area (Å²) in [7, 11) is -2.95. The van der Waals surface area contributed by atoms with Crippen LogP contribution < -0.4 is 5.09 Å². The Morgan fingerprint density at radius 2 is 1.52 bits per heavy atom. The highest BCUT2D eigenvalue weighted by atomic mass is 31.1. The standard InChI is InChI=1S/C9H10NO5P.C7H6O2/c11-7-3-1-6(2-4-7)5-8(9(12)13)10-16(14)15;8-7(9)6-4-2-1-3-5-6/h1-4,8,11H,5H2,(H,12,13)(H,10,14,15);1-5H,(H,8,9). The fourth-order valence-electron chi connectivity index (χ4n) is 1.76. The second-order valence-corrected chi connectivity index (χ2v) is 5.59. The molecule has 25 heavy (non-hydrogen) atoms. The van der Waals surface area contributed by atoms with E-state index in [9.17, 15) is 18.7 Å². The van der Waals surface area contributed by atoms with Crippen molar-refractivity contribution in [1.82, 2.24) is 5.09 Å². The van der Waals surface area contributed by atoms with Gasteiger partial charge in [0.15, 0.2) is 0 Å². The minimum atomic E-state index is -2.95. The van der Waals surface area contributed by atoms with Crippen LogP contribution in [0.1, 0.15) is 15.9 Å².